The summed E-state index contributed by atoms with van der Waals surface area (Å²) in [4.78, 5) is 11.9. The second-order valence-electron chi connectivity index (χ2n) is 7.11. The summed E-state index contributed by atoms with van der Waals surface area (Å²) in [5.41, 5.74) is 0. The van der Waals surface area contributed by atoms with Crippen molar-refractivity contribution in [2.75, 3.05) is 19.4 Å². The number of rotatable bonds is 20. The van der Waals surface area contributed by atoms with Gasteiger partial charge in [0.05, 0.1) is 19.4 Å². The molecule has 0 heterocycles. The Hall–Kier alpha value is -0.440. The molecule has 0 amide bonds. The third-order valence-electron chi connectivity index (χ3n) is 4.56. The zero-order chi connectivity index (χ0) is 20.2. The molecule has 0 fully saturated rings. The van der Waals surface area contributed by atoms with Crippen molar-refractivity contribution in [3.05, 3.63) is 12.2 Å². The van der Waals surface area contributed by atoms with Crippen LogP contribution in [0.2, 0.25) is 0 Å². The third kappa shape index (κ3) is 17.4. The van der Waals surface area contributed by atoms with Gasteiger partial charge in [0.1, 0.15) is 0 Å². The summed E-state index contributed by atoms with van der Waals surface area (Å²) in [5, 5.41) is 0. The van der Waals surface area contributed by atoms with E-state index in [1.807, 2.05) is 6.08 Å². The molecule has 0 aliphatic heterocycles. The summed E-state index contributed by atoms with van der Waals surface area (Å²) < 4.78 is 22.7. The van der Waals surface area contributed by atoms with Crippen LogP contribution in [0.3, 0.4) is 0 Å². The number of hydrogen-bond donors (Lipinski definition) is 0. The molecule has 0 aliphatic carbocycles. The summed E-state index contributed by atoms with van der Waals surface area (Å²) in [6.45, 7) is 6.48. The molecular formula is C22H43O4P. The van der Waals surface area contributed by atoms with Gasteiger partial charge in [0.25, 0.3) is 0 Å². The lowest BCUT2D eigenvalue weighted by atomic mass is 10.1. The molecule has 5 heteroatoms. The van der Waals surface area contributed by atoms with E-state index in [-0.39, 0.29) is 18.4 Å². The van der Waals surface area contributed by atoms with Crippen LogP contribution in [0.4, 0.5) is 0 Å². The molecule has 0 saturated carbocycles. The van der Waals surface area contributed by atoms with E-state index in [1.54, 1.807) is 19.9 Å². The van der Waals surface area contributed by atoms with Gasteiger partial charge in [-0.05, 0) is 32.8 Å². The zero-order valence-electron chi connectivity index (χ0n) is 18.0. The minimum absolute atomic E-state index is 0.00213. The standard InChI is InChI=1S/C22H43O4P/c1-4-7-8-9-10-11-12-13-14-15-16-17-18-19-22(23)20-21-27(24,25-5-2)26-6-3/h18-19H,4-17,20-21H2,1-3H3/b19-18+. The molecule has 0 aromatic carbocycles. The fourth-order valence-corrected chi connectivity index (χ4v) is 4.65. The molecule has 0 N–H and O–H groups in total. The Bertz CT molecular complexity index is 411. The topological polar surface area (TPSA) is 52.6 Å². The van der Waals surface area contributed by atoms with Gasteiger partial charge in [-0.2, -0.15) is 0 Å². The van der Waals surface area contributed by atoms with Crippen molar-refractivity contribution in [2.24, 2.45) is 0 Å². The predicted octanol–water partition coefficient (Wildman–Crippen LogP) is 7.47. The number of hydrogen-bond acceptors (Lipinski definition) is 4. The van der Waals surface area contributed by atoms with Crippen LogP contribution in [0.15, 0.2) is 12.2 Å². The Morgan fingerprint density at radius 1 is 0.778 bits per heavy atom. The normalized spacial score (nSPS) is 12.1. The van der Waals surface area contributed by atoms with Gasteiger partial charge in [-0.3, -0.25) is 9.36 Å². The Labute approximate surface area is 168 Å². The van der Waals surface area contributed by atoms with Crippen molar-refractivity contribution in [1.82, 2.24) is 0 Å². The molecule has 160 valence electrons. The van der Waals surface area contributed by atoms with Gasteiger partial charge >= 0.3 is 7.60 Å². The smallest absolute Gasteiger partial charge is 0.309 e. The van der Waals surface area contributed by atoms with E-state index in [0.29, 0.717) is 13.2 Å². The first-order valence-corrected chi connectivity index (χ1v) is 12.9. The molecular weight excluding hydrogens is 359 g/mol. The number of carbonyl (C=O) groups excluding carboxylic acids is 1. The molecule has 0 aromatic heterocycles. The van der Waals surface area contributed by atoms with Crippen LogP contribution in [-0.2, 0) is 18.4 Å². The van der Waals surface area contributed by atoms with Crippen molar-refractivity contribution in [3.8, 4) is 0 Å². The lowest BCUT2D eigenvalue weighted by Crippen LogP contribution is -2.04. The first-order chi connectivity index (χ1) is 13.1. The molecule has 0 rings (SSSR count). The van der Waals surface area contributed by atoms with Gasteiger partial charge in [-0.1, -0.05) is 77.2 Å². The maximum absolute atomic E-state index is 12.3. The van der Waals surface area contributed by atoms with E-state index in [4.69, 9.17) is 9.05 Å². The number of carbonyl (C=O) groups is 1. The molecule has 4 nitrogen and oxygen atoms in total. The number of unbranched alkanes of at least 4 members (excludes halogenated alkanes) is 11. The van der Waals surface area contributed by atoms with Crippen molar-refractivity contribution in [1.29, 1.82) is 0 Å². The van der Waals surface area contributed by atoms with Crippen molar-refractivity contribution in [2.45, 2.75) is 104 Å². The zero-order valence-corrected chi connectivity index (χ0v) is 18.9. The SMILES string of the molecule is CCCCCCCCCCCCC/C=C/C(=O)CCP(=O)(OCC)OCC. The van der Waals surface area contributed by atoms with Crippen molar-refractivity contribution >= 4 is 13.4 Å². The average Bonchev–Trinajstić information content (AvgIpc) is 2.64. The van der Waals surface area contributed by atoms with Gasteiger partial charge in [0.15, 0.2) is 5.78 Å². The summed E-state index contributed by atoms with van der Waals surface area (Å²) in [7, 11) is -3.10. The number of ketones is 1. The van der Waals surface area contributed by atoms with Crippen molar-refractivity contribution < 1.29 is 18.4 Å². The van der Waals surface area contributed by atoms with E-state index in [1.165, 1.54) is 64.2 Å². The van der Waals surface area contributed by atoms with Gasteiger partial charge in [-0.15, -0.1) is 0 Å². The van der Waals surface area contributed by atoms with Crippen LogP contribution in [-0.4, -0.2) is 25.2 Å². The van der Waals surface area contributed by atoms with E-state index in [2.05, 4.69) is 6.92 Å². The Kier molecular flexibility index (Phi) is 18.6. The monoisotopic (exact) mass is 402 g/mol. The highest BCUT2D eigenvalue weighted by atomic mass is 31.2. The molecule has 0 spiro atoms. The fourth-order valence-electron chi connectivity index (χ4n) is 3.03. The Balaban J connectivity index is 3.59. The van der Waals surface area contributed by atoms with Crippen LogP contribution >= 0.6 is 7.60 Å². The lowest BCUT2D eigenvalue weighted by Gasteiger charge is -2.15. The average molecular weight is 403 g/mol. The van der Waals surface area contributed by atoms with Gasteiger partial charge in [0, 0.05) is 6.42 Å². The van der Waals surface area contributed by atoms with E-state index < -0.39 is 7.60 Å². The Morgan fingerprint density at radius 3 is 1.74 bits per heavy atom. The van der Waals surface area contributed by atoms with Gasteiger partial charge in [0.2, 0.25) is 0 Å². The van der Waals surface area contributed by atoms with E-state index in [0.717, 1.165) is 12.8 Å². The molecule has 0 aromatic rings. The lowest BCUT2D eigenvalue weighted by molar-refractivity contribution is -0.114. The summed E-state index contributed by atoms with van der Waals surface area (Å²) in [6.07, 6.45) is 19.5. The highest BCUT2D eigenvalue weighted by molar-refractivity contribution is 7.53. The van der Waals surface area contributed by atoms with E-state index >= 15 is 0 Å². The van der Waals surface area contributed by atoms with Crippen LogP contribution in [0.1, 0.15) is 104 Å². The summed E-state index contributed by atoms with van der Waals surface area (Å²) >= 11 is 0. The molecule has 0 bridgehead atoms. The third-order valence-corrected chi connectivity index (χ3v) is 6.64. The molecule has 0 radical (unpaired) electrons. The maximum Gasteiger partial charge on any atom is 0.331 e. The first kappa shape index (κ1) is 26.6. The van der Waals surface area contributed by atoms with Crippen LogP contribution in [0.5, 0.6) is 0 Å². The molecule has 0 atom stereocenters. The molecule has 0 aliphatic rings. The molecule has 27 heavy (non-hydrogen) atoms. The molecule has 0 saturated heterocycles. The summed E-state index contributed by atoms with van der Waals surface area (Å²) in [5.74, 6) is -0.00213. The van der Waals surface area contributed by atoms with Crippen LogP contribution in [0.25, 0.3) is 0 Å². The molecule has 0 unspecified atom stereocenters. The largest absolute Gasteiger partial charge is 0.331 e. The fraction of sp³-hybridized carbons (Fsp3) is 0.864. The second kappa shape index (κ2) is 18.9. The second-order valence-corrected chi connectivity index (χ2v) is 9.30. The number of allylic oxidation sites excluding steroid dienone is 2. The van der Waals surface area contributed by atoms with Crippen LogP contribution in [0, 0.1) is 0 Å². The van der Waals surface area contributed by atoms with E-state index in [9.17, 15) is 9.36 Å². The minimum atomic E-state index is -3.10. The predicted molar refractivity (Wildman–Crippen MR) is 116 cm³/mol. The van der Waals surface area contributed by atoms with Gasteiger partial charge in [-0.25, -0.2) is 0 Å². The van der Waals surface area contributed by atoms with Gasteiger partial charge < -0.3 is 9.05 Å². The van der Waals surface area contributed by atoms with Crippen LogP contribution < -0.4 is 0 Å². The highest BCUT2D eigenvalue weighted by Gasteiger charge is 2.23. The van der Waals surface area contributed by atoms with Crippen molar-refractivity contribution in [3.63, 3.8) is 0 Å². The first-order valence-electron chi connectivity index (χ1n) is 11.2. The minimum Gasteiger partial charge on any atom is -0.309 e. The maximum atomic E-state index is 12.3. The highest BCUT2D eigenvalue weighted by Crippen LogP contribution is 2.48. The quantitative estimate of drug-likeness (QED) is 0.120. The Morgan fingerprint density at radius 2 is 1.26 bits per heavy atom. The summed E-state index contributed by atoms with van der Waals surface area (Å²) in [6, 6.07) is 0.